The van der Waals surface area contributed by atoms with Crippen LogP contribution in [0.1, 0.15) is 37.0 Å². The Bertz CT molecular complexity index is 380. The lowest BCUT2D eigenvalue weighted by atomic mass is 10.2. The van der Waals surface area contributed by atoms with E-state index in [4.69, 9.17) is 5.11 Å². The molecule has 0 aliphatic carbocycles. The molecule has 1 aromatic carbocycles. The highest BCUT2D eigenvalue weighted by Gasteiger charge is 2.14. The van der Waals surface area contributed by atoms with E-state index in [1.54, 1.807) is 12.1 Å². The highest BCUT2D eigenvalue weighted by Crippen LogP contribution is 2.17. The number of carboxylic acids is 1. The van der Waals surface area contributed by atoms with Crippen molar-refractivity contribution in [2.45, 2.75) is 36.8 Å². The normalized spacial score (nSPS) is 12.7. The quantitative estimate of drug-likeness (QED) is 0.860. The van der Waals surface area contributed by atoms with Gasteiger partial charge in [-0.25, -0.2) is 4.79 Å². The van der Waals surface area contributed by atoms with E-state index in [2.05, 4.69) is 0 Å². The van der Waals surface area contributed by atoms with Gasteiger partial charge in [0.25, 0.3) is 0 Å². The molecule has 4 heteroatoms. The van der Waals surface area contributed by atoms with Gasteiger partial charge in [-0.1, -0.05) is 13.8 Å². The van der Waals surface area contributed by atoms with Gasteiger partial charge in [0, 0.05) is 10.1 Å². The molecule has 0 bridgehead atoms. The molecule has 88 valence electrons. The predicted octanol–water partition coefficient (Wildman–Crippen LogP) is 2.68. The van der Waals surface area contributed by atoms with E-state index < -0.39 is 16.8 Å². The molecule has 1 unspecified atom stereocenters. The summed E-state index contributed by atoms with van der Waals surface area (Å²) >= 11 is 0. The van der Waals surface area contributed by atoms with Crippen LogP contribution >= 0.6 is 0 Å². The molecule has 0 saturated heterocycles. The van der Waals surface area contributed by atoms with Gasteiger partial charge in [-0.2, -0.15) is 0 Å². The summed E-state index contributed by atoms with van der Waals surface area (Å²) in [6.45, 7) is 4.02. The smallest absolute Gasteiger partial charge is 0.335 e. The molecule has 1 atom stereocenters. The number of benzene rings is 1. The second-order valence-electron chi connectivity index (χ2n) is 3.57. The van der Waals surface area contributed by atoms with E-state index in [-0.39, 0.29) is 10.8 Å². The molecule has 0 aliphatic rings. The van der Waals surface area contributed by atoms with Crippen LogP contribution in [0.3, 0.4) is 0 Å². The van der Waals surface area contributed by atoms with E-state index in [9.17, 15) is 9.00 Å². The molecule has 1 N–H and O–H groups in total. The number of carbonyl (C=O) groups is 1. The maximum absolute atomic E-state index is 12.1. The van der Waals surface area contributed by atoms with Crippen LogP contribution in [0.5, 0.6) is 0 Å². The molecule has 0 aliphatic heterocycles. The summed E-state index contributed by atoms with van der Waals surface area (Å²) in [6.07, 6.45) is 1.73. The number of hydrogen-bond donors (Lipinski definition) is 1. The predicted molar refractivity (Wildman–Crippen MR) is 64.2 cm³/mol. The average Bonchev–Trinajstić information content (AvgIpc) is 2.30. The van der Waals surface area contributed by atoms with Crippen molar-refractivity contribution < 1.29 is 14.1 Å². The van der Waals surface area contributed by atoms with E-state index in [1.807, 2.05) is 13.8 Å². The molecule has 0 radical (unpaired) electrons. The molecule has 0 amide bonds. The standard InChI is InChI=1S/C12H16O3S/c1-3-10(4-2)16(15)11-7-5-9(6-8-11)12(13)14/h5-8,10H,3-4H2,1-2H3,(H,13,14). The maximum atomic E-state index is 12.1. The molecule has 0 heterocycles. The molecule has 0 saturated carbocycles. The van der Waals surface area contributed by atoms with Crippen LogP contribution in [0.15, 0.2) is 29.2 Å². The molecule has 3 nitrogen and oxygen atoms in total. The van der Waals surface area contributed by atoms with E-state index in [1.165, 1.54) is 12.1 Å². The van der Waals surface area contributed by atoms with Crippen molar-refractivity contribution in [3.05, 3.63) is 29.8 Å². The first-order chi connectivity index (χ1) is 7.60. The fourth-order valence-corrected chi connectivity index (χ4v) is 2.91. The van der Waals surface area contributed by atoms with Gasteiger partial charge in [-0.15, -0.1) is 0 Å². The Hall–Kier alpha value is -1.16. The Morgan fingerprint density at radius 3 is 2.12 bits per heavy atom. The van der Waals surface area contributed by atoms with Gasteiger partial charge in [-0.3, -0.25) is 4.21 Å². The fraction of sp³-hybridized carbons (Fsp3) is 0.417. The van der Waals surface area contributed by atoms with Crippen LogP contribution in [-0.4, -0.2) is 20.5 Å². The minimum atomic E-state index is -1.04. The minimum Gasteiger partial charge on any atom is -0.478 e. The summed E-state index contributed by atoms with van der Waals surface area (Å²) in [6, 6.07) is 6.27. The summed E-state index contributed by atoms with van der Waals surface area (Å²) in [5.74, 6) is -0.958. The van der Waals surface area contributed by atoms with Crippen molar-refractivity contribution in [3.8, 4) is 0 Å². The first-order valence-corrected chi connectivity index (χ1v) is 6.55. The van der Waals surface area contributed by atoms with E-state index in [0.717, 1.165) is 12.8 Å². The second kappa shape index (κ2) is 5.80. The first-order valence-electron chi connectivity index (χ1n) is 5.34. The lowest BCUT2D eigenvalue weighted by molar-refractivity contribution is 0.0697. The second-order valence-corrected chi connectivity index (χ2v) is 5.30. The van der Waals surface area contributed by atoms with Crippen molar-refractivity contribution in [1.82, 2.24) is 0 Å². The largest absolute Gasteiger partial charge is 0.478 e. The van der Waals surface area contributed by atoms with Crippen molar-refractivity contribution in [1.29, 1.82) is 0 Å². The molecular formula is C12H16O3S. The molecule has 0 fully saturated rings. The summed E-state index contributed by atoms with van der Waals surface area (Å²) in [7, 11) is -1.04. The third-order valence-electron chi connectivity index (χ3n) is 2.55. The molecule has 1 rings (SSSR count). The minimum absolute atomic E-state index is 0.149. The third kappa shape index (κ3) is 2.92. The average molecular weight is 240 g/mol. The number of rotatable bonds is 5. The van der Waals surface area contributed by atoms with E-state index in [0.29, 0.717) is 4.90 Å². The lowest BCUT2D eigenvalue weighted by Crippen LogP contribution is -2.13. The number of carboxylic acid groups (broad SMARTS) is 1. The zero-order chi connectivity index (χ0) is 12.1. The van der Waals surface area contributed by atoms with Crippen LogP contribution in [0.25, 0.3) is 0 Å². The van der Waals surface area contributed by atoms with Gasteiger partial charge in [-0.05, 0) is 37.1 Å². The highest BCUT2D eigenvalue weighted by molar-refractivity contribution is 7.85. The summed E-state index contributed by atoms with van der Waals surface area (Å²) < 4.78 is 12.1. The SMILES string of the molecule is CCC(CC)S(=O)c1ccc(C(=O)O)cc1. The van der Waals surface area contributed by atoms with Crippen LogP contribution in [-0.2, 0) is 10.8 Å². The maximum Gasteiger partial charge on any atom is 0.335 e. The zero-order valence-corrected chi connectivity index (χ0v) is 10.3. The Balaban J connectivity index is 2.89. The molecule has 0 aromatic heterocycles. The molecule has 1 aromatic rings. The van der Waals surface area contributed by atoms with Crippen molar-refractivity contribution in [2.24, 2.45) is 0 Å². The van der Waals surface area contributed by atoms with Crippen LogP contribution < -0.4 is 0 Å². The fourth-order valence-electron chi connectivity index (χ4n) is 1.52. The van der Waals surface area contributed by atoms with Crippen molar-refractivity contribution >= 4 is 16.8 Å². The Morgan fingerprint density at radius 1 is 1.25 bits per heavy atom. The number of hydrogen-bond acceptors (Lipinski definition) is 2. The first kappa shape index (κ1) is 12.9. The van der Waals surface area contributed by atoms with E-state index >= 15 is 0 Å². The number of aromatic carboxylic acids is 1. The van der Waals surface area contributed by atoms with Crippen LogP contribution in [0, 0.1) is 0 Å². The topological polar surface area (TPSA) is 54.4 Å². The molecule has 0 spiro atoms. The van der Waals surface area contributed by atoms with Gasteiger partial charge >= 0.3 is 5.97 Å². The summed E-state index contributed by atoms with van der Waals surface area (Å²) in [5.41, 5.74) is 0.227. The Labute approximate surface area is 98.0 Å². The van der Waals surface area contributed by atoms with Gasteiger partial charge in [0.15, 0.2) is 0 Å². The summed E-state index contributed by atoms with van der Waals surface area (Å²) in [5, 5.41) is 8.89. The Morgan fingerprint density at radius 2 is 1.75 bits per heavy atom. The Kier molecular flexibility index (Phi) is 4.68. The lowest BCUT2D eigenvalue weighted by Gasteiger charge is -2.11. The van der Waals surface area contributed by atoms with Gasteiger partial charge in [0.05, 0.1) is 16.4 Å². The van der Waals surface area contributed by atoms with Crippen LogP contribution in [0.2, 0.25) is 0 Å². The van der Waals surface area contributed by atoms with Gasteiger partial charge in [0.2, 0.25) is 0 Å². The third-order valence-corrected chi connectivity index (χ3v) is 4.56. The van der Waals surface area contributed by atoms with Gasteiger partial charge < -0.3 is 5.11 Å². The monoisotopic (exact) mass is 240 g/mol. The molecular weight excluding hydrogens is 224 g/mol. The van der Waals surface area contributed by atoms with Gasteiger partial charge in [0.1, 0.15) is 0 Å². The van der Waals surface area contributed by atoms with Crippen molar-refractivity contribution in [3.63, 3.8) is 0 Å². The zero-order valence-electron chi connectivity index (χ0n) is 9.47. The highest BCUT2D eigenvalue weighted by atomic mass is 32.2. The summed E-state index contributed by atoms with van der Waals surface area (Å²) in [4.78, 5) is 11.4. The van der Waals surface area contributed by atoms with Crippen LogP contribution in [0.4, 0.5) is 0 Å². The molecule has 16 heavy (non-hydrogen) atoms. The van der Waals surface area contributed by atoms with Crippen molar-refractivity contribution in [2.75, 3.05) is 0 Å².